The molecule has 0 fully saturated rings. The number of rotatable bonds is 2. The fourth-order valence-electron chi connectivity index (χ4n) is 2.39. The molecule has 0 amide bonds. The second kappa shape index (κ2) is 5.01. The lowest BCUT2D eigenvalue weighted by Crippen LogP contribution is -2.49. The Labute approximate surface area is 126 Å². The van der Waals surface area contributed by atoms with Crippen LogP contribution in [0.1, 0.15) is 22.0 Å². The maximum Gasteiger partial charge on any atom is 0.271 e. The minimum absolute atomic E-state index is 0.0226. The van der Waals surface area contributed by atoms with Gasteiger partial charge in [-0.1, -0.05) is 12.1 Å². The number of phenolic OH excluding ortho intramolecular Hbond substituents is 1. The predicted molar refractivity (Wildman–Crippen MR) is 76.0 cm³/mol. The zero-order valence-corrected chi connectivity index (χ0v) is 11.7. The van der Waals surface area contributed by atoms with E-state index in [1.54, 1.807) is 0 Å². The average molecular weight is 302 g/mol. The van der Waals surface area contributed by atoms with Crippen molar-refractivity contribution >= 4 is 5.78 Å². The number of ether oxygens (including phenoxy) is 2. The molecule has 0 spiro atoms. The Balaban J connectivity index is 2.08. The van der Waals surface area contributed by atoms with Gasteiger partial charge in [0.25, 0.3) is 5.79 Å². The largest absolute Gasteiger partial charge is 0.508 e. The Kier molecular flexibility index (Phi) is 3.27. The highest BCUT2D eigenvalue weighted by Gasteiger charge is 2.50. The molecular formula is C16H14O6. The molecule has 3 N–H and O–H groups in total. The highest BCUT2D eigenvalue weighted by Crippen LogP contribution is 2.41. The second-order valence-corrected chi connectivity index (χ2v) is 5.01. The van der Waals surface area contributed by atoms with Crippen LogP contribution in [0.5, 0.6) is 17.2 Å². The number of phenols is 1. The van der Waals surface area contributed by atoms with Gasteiger partial charge in [0.15, 0.2) is 6.10 Å². The first kappa shape index (κ1) is 14.4. The highest BCUT2D eigenvalue weighted by molar-refractivity contribution is 6.05. The molecule has 114 valence electrons. The summed E-state index contributed by atoms with van der Waals surface area (Å²) in [6.07, 6.45) is -1.31. The summed E-state index contributed by atoms with van der Waals surface area (Å²) in [7, 11) is 1.48. The summed E-state index contributed by atoms with van der Waals surface area (Å²) >= 11 is 0. The summed E-state index contributed by atoms with van der Waals surface area (Å²) in [6, 6.07) is 10.1. The third-order valence-corrected chi connectivity index (χ3v) is 3.57. The number of benzene rings is 2. The monoisotopic (exact) mass is 302 g/mol. The van der Waals surface area contributed by atoms with Crippen LogP contribution in [-0.2, 0) is 0 Å². The maximum absolute atomic E-state index is 12.3. The van der Waals surface area contributed by atoms with E-state index in [4.69, 9.17) is 9.47 Å². The highest BCUT2D eigenvalue weighted by atomic mass is 16.6. The first-order chi connectivity index (χ1) is 10.4. The normalized spacial score (nSPS) is 19.2. The predicted octanol–water partition coefficient (Wildman–Crippen LogP) is 1.40. The van der Waals surface area contributed by atoms with E-state index >= 15 is 0 Å². The van der Waals surface area contributed by atoms with Gasteiger partial charge < -0.3 is 24.8 Å². The molecule has 0 radical (unpaired) electrons. The van der Waals surface area contributed by atoms with E-state index in [1.807, 2.05) is 0 Å². The number of aliphatic hydroxyl groups is 2. The molecule has 22 heavy (non-hydrogen) atoms. The van der Waals surface area contributed by atoms with Crippen molar-refractivity contribution in [1.29, 1.82) is 0 Å². The number of carbonyl (C=O) groups excluding carboxylic acids is 1. The molecule has 0 saturated carbocycles. The first-order valence-electron chi connectivity index (χ1n) is 6.56. The van der Waals surface area contributed by atoms with Gasteiger partial charge in [-0.2, -0.15) is 0 Å². The summed E-state index contributed by atoms with van der Waals surface area (Å²) in [5.74, 6) is -2.83. The van der Waals surface area contributed by atoms with Gasteiger partial charge in [-0.05, 0) is 29.8 Å². The summed E-state index contributed by atoms with van der Waals surface area (Å²) in [4.78, 5) is 12.3. The van der Waals surface area contributed by atoms with E-state index in [1.165, 1.54) is 49.6 Å². The van der Waals surface area contributed by atoms with Crippen LogP contribution in [0.25, 0.3) is 0 Å². The minimum atomic E-state index is -2.70. The number of hydrogen-bond donors (Lipinski definition) is 3. The Morgan fingerprint density at radius 2 is 1.82 bits per heavy atom. The zero-order chi connectivity index (χ0) is 15.9. The van der Waals surface area contributed by atoms with Crippen molar-refractivity contribution in [2.75, 3.05) is 7.11 Å². The standard InChI is InChI=1S/C16H14O6/c1-21-11-6-7-12-13(8-11)22-15(16(19,20)14(12)18)9-2-4-10(17)5-3-9/h2-8,15,17,19-20H,1H3/t15-/m1/s1. The SMILES string of the molecule is COc1ccc2c(c1)O[C@H](c1ccc(O)cc1)C(O)(O)C2=O. The average Bonchev–Trinajstić information content (AvgIpc) is 2.51. The molecular weight excluding hydrogens is 288 g/mol. The van der Waals surface area contributed by atoms with E-state index in [0.717, 1.165) is 0 Å². The second-order valence-electron chi connectivity index (χ2n) is 5.01. The molecule has 0 saturated heterocycles. The molecule has 0 unspecified atom stereocenters. The molecule has 0 aliphatic carbocycles. The van der Waals surface area contributed by atoms with Crippen LogP contribution in [0.2, 0.25) is 0 Å². The third-order valence-electron chi connectivity index (χ3n) is 3.57. The van der Waals surface area contributed by atoms with E-state index < -0.39 is 17.7 Å². The van der Waals surface area contributed by atoms with Crippen molar-refractivity contribution in [1.82, 2.24) is 0 Å². The van der Waals surface area contributed by atoms with Crippen molar-refractivity contribution in [3.63, 3.8) is 0 Å². The van der Waals surface area contributed by atoms with Crippen LogP contribution in [-0.4, -0.2) is 34.0 Å². The zero-order valence-electron chi connectivity index (χ0n) is 11.7. The molecule has 1 heterocycles. The van der Waals surface area contributed by atoms with Gasteiger partial charge in [0, 0.05) is 6.07 Å². The number of aromatic hydroxyl groups is 1. The minimum Gasteiger partial charge on any atom is -0.508 e. The van der Waals surface area contributed by atoms with Gasteiger partial charge in [0.2, 0.25) is 5.78 Å². The first-order valence-corrected chi connectivity index (χ1v) is 6.56. The Morgan fingerprint density at radius 1 is 1.14 bits per heavy atom. The molecule has 1 atom stereocenters. The van der Waals surface area contributed by atoms with Crippen LogP contribution in [0.4, 0.5) is 0 Å². The topological polar surface area (TPSA) is 96.2 Å². The van der Waals surface area contributed by atoms with E-state index in [2.05, 4.69) is 0 Å². The van der Waals surface area contributed by atoms with Crippen molar-refractivity contribution < 1.29 is 29.6 Å². The molecule has 3 rings (SSSR count). The number of hydrogen-bond acceptors (Lipinski definition) is 6. The lowest BCUT2D eigenvalue weighted by molar-refractivity contribution is -0.186. The molecule has 6 nitrogen and oxygen atoms in total. The van der Waals surface area contributed by atoms with Crippen molar-refractivity contribution in [2.24, 2.45) is 0 Å². The third kappa shape index (κ3) is 2.18. The van der Waals surface area contributed by atoms with Gasteiger partial charge in [-0.3, -0.25) is 4.79 Å². The Morgan fingerprint density at radius 3 is 2.45 bits per heavy atom. The quantitative estimate of drug-likeness (QED) is 0.726. The van der Waals surface area contributed by atoms with E-state index in [9.17, 15) is 20.1 Å². The summed E-state index contributed by atoms with van der Waals surface area (Å²) in [5, 5.41) is 29.7. The van der Waals surface area contributed by atoms with E-state index in [0.29, 0.717) is 11.3 Å². The smallest absolute Gasteiger partial charge is 0.271 e. The van der Waals surface area contributed by atoms with Crippen LogP contribution in [0.15, 0.2) is 42.5 Å². The van der Waals surface area contributed by atoms with E-state index in [-0.39, 0.29) is 17.1 Å². The fraction of sp³-hybridized carbons (Fsp3) is 0.188. The Bertz CT molecular complexity index is 720. The van der Waals surface area contributed by atoms with Gasteiger partial charge in [0.1, 0.15) is 17.2 Å². The lowest BCUT2D eigenvalue weighted by atomic mass is 9.90. The summed E-state index contributed by atoms with van der Waals surface area (Å²) < 4.78 is 10.7. The van der Waals surface area contributed by atoms with Crippen LogP contribution in [0.3, 0.4) is 0 Å². The summed E-state index contributed by atoms with van der Waals surface area (Å²) in [6.45, 7) is 0. The number of ketones is 1. The Hall–Kier alpha value is -2.57. The number of Topliss-reactive ketones (excluding diaryl/α,β-unsaturated/α-hetero) is 1. The number of carbonyl (C=O) groups is 1. The lowest BCUT2D eigenvalue weighted by Gasteiger charge is -2.35. The van der Waals surface area contributed by atoms with Crippen LogP contribution >= 0.6 is 0 Å². The molecule has 2 aromatic carbocycles. The number of fused-ring (bicyclic) bond motifs is 1. The molecule has 1 aliphatic heterocycles. The maximum atomic E-state index is 12.3. The molecule has 6 heteroatoms. The van der Waals surface area contributed by atoms with Crippen LogP contribution < -0.4 is 9.47 Å². The van der Waals surface area contributed by atoms with Gasteiger partial charge in [-0.15, -0.1) is 0 Å². The fourth-order valence-corrected chi connectivity index (χ4v) is 2.39. The molecule has 0 bridgehead atoms. The van der Waals surface area contributed by atoms with Crippen molar-refractivity contribution in [3.05, 3.63) is 53.6 Å². The molecule has 1 aliphatic rings. The van der Waals surface area contributed by atoms with Crippen LogP contribution in [0, 0.1) is 0 Å². The van der Waals surface area contributed by atoms with Crippen molar-refractivity contribution in [3.8, 4) is 17.2 Å². The number of methoxy groups -OCH3 is 1. The summed E-state index contributed by atoms with van der Waals surface area (Å²) in [5.41, 5.74) is 0.422. The van der Waals surface area contributed by atoms with Gasteiger partial charge in [-0.25, -0.2) is 0 Å². The van der Waals surface area contributed by atoms with Gasteiger partial charge >= 0.3 is 0 Å². The van der Waals surface area contributed by atoms with Crippen molar-refractivity contribution in [2.45, 2.75) is 11.9 Å². The molecule has 2 aromatic rings. The van der Waals surface area contributed by atoms with Gasteiger partial charge in [0.05, 0.1) is 12.7 Å². The molecule has 0 aromatic heterocycles.